The summed E-state index contributed by atoms with van der Waals surface area (Å²) in [6, 6.07) is 2.85. The minimum Gasteiger partial charge on any atom is -0.351 e. The summed E-state index contributed by atoms with van der Waals surface area (Å²) in [6.07, 6.45) is 3.04. The average molecular weight is 249 g/mol. The number of fused-ring (bicyclic) bond motifs is 3. The molecule has 0 radical (unpaired) electrons. The molecular formula is C11H11N3S2. The zero-order chi connectivity index (χ0) is 10.5. The van der Waals surface area contributed by atoms with Gasteiger partial charge in [-0.3, -0.25) is 0 Å². The van der Waals surface area contributed by atoms with Gasteiger partial charge in [-0.05, 0) is 17.9 Å². The predicted octanol–water partition coefficient (Wildman–Crippen LogP) is 2.39. The normalized spacial score (nSPS) is 28.1. The van der Waals surface area contributed by atoms with Crippen LogP contribution in [0.4, 0.5) is 5.82 Å². The van der Waals surface area contributed by atoms with Crippen molar-refractivity contribution in [3.05, 3.63) is 17.8 Å². The molecule has 0 aromatic carbocycles. The van der Waals surface area contributed by atoms with Gasteiger partial charge in [0.05, 0.1) is 5.39 Å². The molecule has 2 bridgehead atoms. The maximum absolute atomic E-state index is 4.49. The van der Waals surface area contributed by atoms with Crippen LogP contribution in [0.1, 0.15) is 6.42 Å². The molecule has 0 amide bonds. The highest BCUT2D eigenvalue weighted by Gasteiger charge is 2.39. The van der Waals surface area contributed by atoms with Crippen molar-refractivity contribution in [1.82, 2.24) is 9.97 Å². The maximum atomic E-state index is 4.49. The summed E-state index contributed by atoms with van der Waals surface area (Å²) in [5.74, 6) is 2.42. The second kappa shape index (κ2) is 3.34. The molecule has 16 heavy (non-hydrogen) atoms. The van der Waals surface area contributed by atoms with Crippen molar-refractivity contribution in [3.63, 3.8) is 0 Å². The van der Waals surface area contributed by atoms with Crippen LogP contribution in [0.5, 0.6) is 0 Å². The van der Waals surface area contributed by atoms with Crippen LogP contribution in [0.25, 0.3) is 10.2 Å². The van der Waals surface area contributed by atoms with Gasteiger partial charge >= 0.3 is 0 Å². The Balaban J connectivity index is 1.84. The molecule has 4 rings (SSSR count). The summed E-state index contributed by atoms with van der Waals surface area (Å²) >= 11 is 3.81. The summed E-state index contributed by atoms with van der Waals surface area (Å²) in [6.45, 7) is 1.16. The summed E-state index contributed by atoms with van der Waals surface area (Å²) in [5.41, 5.74) is 0. The van der Waals surface area contributed by atoms with Crippen molar-refractivity contribution in [2.45, 2.75) is 17.7 Å². The van der Waals surface area contributed by atoms with Crippen LogP contribution < -0.4 is 4.90 Å². The molecule has 2 unspecified atom stereocenters. The van der Waals surface area contributed by atoms with Crippen LogP contribution in [0, 0.1) is 0 Å². The van der Waals surface area contributed by atoms with Crippen molar-refractivity contribution in [1.29, 1.82) is 0 Å². The highest BCUT2D eigenvalue weighted by atomic mass is 32.2. The maximum Gasteiger partial charge on any atom is 0.141 e. The monoisotopic (exact) mass is 249 g/mol. The summed E-state index contributed by atoms with van der Waals surface area (Å²) in [4.78, 5) is 12.4. The second-order valence-electron chi connectivity index (χ2n) is 4.33. The Hall–Kier alpha value is -0.810. The number of nitrogens with zero attached hydrogens (tertiary/aromatic N) is 3. The number of hydrogen-bond donors (Lipinski definition) is 0. The van der Waals surface area contributed by atoms with Crippen molar-refractivity contribution in [2.24, 2.45) is 0 Å². The molecule has 2 aromatic rings. The molecule has 2 fully saturated rings. The van der Waals surface area contributed by atoms with Gasteiger partial charge < -0.3 is 4.90 Å². The Bertz CT molecular complexity index is 539. The van der Waals surface area contributed by atoms with E-state index in [-0.39, 0.29) is 0 Å². The van der Waals surface area contributed by atoms with Gasteiger partial charge in [0.1, 0.15) is 17.0 Å². The predicted molar refractivity (Wildman–Crippen MR) is 69.4 cm³/mol. The smallest absolute Gasteiger partial charge is 0.141 e. The molecule has 0 saturated carbocycles. The highest BCUT2D eigenvalue weighted by molar-refractivity contribution is 8.00. The fraction of sp³-hybridized carbons (Fsp3) is 0.455. The second-order valence-corrected chi connectivity index (χ2v) is 6.56. The van der Waals surface area contributed by atoms with Gasteiger partial charge in [0, 0.05) is 23.6 Å². The molecule has 0 N–H and O–H groups in total. The van der Waals surface area contributed by atoms with Gasteiger partial charge in [-0.1, -0.05) is 0 Å². The Morgan fingerprint density at radius 2 is 2.38 bits per heavy atom. The molecule has 2 aromatic heterocycles. The van der Waals surface area contributed by atoms with E-state index in [1.165, 1.54) is 17.6 Å². The Morgan fingerprint density at radius 3 is 3.19 bits per heavy atom. The van der Waals surface area contributed by atoms with Gasteiger partial charge in [-0.25, -0.2) is 9.97 Å². The molecule has 3 nitrogen and oxygen atoms in total. The SMILES string of the molecule is c1nc(N2CC3CC2CS3)c2ccsc2n1. The van der Waals surface area contributed by atoms with Crippen molar-refractivity contribution in [2.75, 3.05) is 17.2 Å². The fourth-order valence-electron chi connectivity index (χ4n) is 2.66. The zero-order valence-corrected chi connectivity index (χ0v) is 10.3. The quantitative estimate of drug-likeness (QED) is 0.776. The van der Waals surface area contributed by atoms with Gasteiger partial charge in [-0.2, -0.15) is 11.8 Å². The van der Waals surface area contributed by atoms with E-state index in [2.05, 4.69) is 38.1 Å². The Kier molecular flexibility index (Phi) is 1.93. The molecule has 4 heterocycles. The van der Waals surface area contributed by atoms with Crippen molar-refractivity contribution in [3.8, 4) is 0 Å². The first-order valence-electron chi connectivity index (χ1n) is 5.48. The number of anilines is 1. The van der Waals surface area contributed by atoms with Gasteiger partial charge in [0.2, 0.25) is 0 Å². The minimum atomic E-state index is 0.702. The topological polar surface area (TPSA) is 29.0 Å². The lowest BCUT2D eigenvalue weighted by atomic mass is 10.2. The molecule has 82 valence electrons. The molecule has 5 heteroatoms. The molecule has 2 aliphatic heterocycles. The van der Waals surface area contributed by atoms with Gasteiger partial charge in [0.25, 0.3) is 0 Å². The number of aromatic nitrogens is 2. The van der Waals surface area contributed by atoms with E-state index in [4.69, 9.17) is 0 Å². The third-order valence-electron chi connectivity index (χ3n) is 3.41. The number of rotatable bonds is 1. The first-order chi connectivity index (χ1) is 7.92. The first-order valence-corrected chi connectivity index (χ1v) is 7.41. The fourth-order valence-corrected chi connectivity index (χ4v) is 4.83. The van der Waals surface area contributed by atoms with Crippen molar-refractivity contribution >= 4 is 39.1 Å². The Labute approximate surface area is 102 Å². The third kappa shape index (κ3) is 1.21. The van der Waals surface area contributed by atoms with Crippen LogP contribution >= 0.6 is 23.1 Å². The molecule has 2 atom stereocenters. The average Bonchev–Trinajstić information content (AvgIpc) is 3.03. The highest BCUT2D eigenvalue weighted by Crippen LogP contribution is 2.41. The number of hydrogen-bond acceptors (Lipinski definition) is 5. The lowest BCUT2D eigenvalue weighted by Gasteiger charge is -2.27. The van der Waals surface area contributed by atoms with E-state index in [0.29, 0.717) is 6.04 Å². The lowest BCUT2D eigenvalue weighted by molar-refractivity contribution is 0.754. The van der Waals surface area contributed by atoms with Gasteiger partial charge in [0.15, 0.2) is 0 Å². The van der Waals surface area contributed by atoms with E-state index in [1.807, 2.05) is 0 Å². The standard InChI is InChI=1S/C11H11N3S2/c1-2-15-11-9(1)10(12-6-13-11)14-4-8-3-7(14)5-16-8/h1-2,6-8H,3-5H2. The van der Waals surface area contributed by atoms with Crippen LogP contribution in [0.2, 0.25) is 0 Å². The molecule has 2 saturated heterocycles. The third-order valence-corrected chi connectivity index (χ3v) is 5.62. The number of thiophene rings is 1. The minimum absolute atomic E-state index is 0.702. The largest absolute Gasteiger partial charge is 0.351 e. The first kappa shape index (κ1) is 9.24. The van der Waals surface area contributed by atoms with E-state index >= 15 is 0 Å². The Morgan fingerprint density at radius 1 is 1.38 bits per heavy atom. The van der Waals surface area contributed by atoms with Crippen LogP contribution in [-0.2, 0) is 0 Å². The number of thioether (sulfide) groups is 1. The molecule has 0 aliphatic carbocycles. The molecular weight excluding hydrogens is 238 g/mol. The van der Waals surface area contributed by atoms with Gasteiger partial charge in [-0.15, -0.1) is 11.3 Å². The lowest BCUT2D eigenvalue weighted by Crippen LogP contribution is -2.34. The van der Waals surface area contributed by atoms with E-state index in [0.717, 1.165) is 22.4 Å². The summed E-state index contributed by atoms with van der Waals surface area (Å²) in [7, 11) is 0. The van der Waals surface area contributed by atoms with E-state index < -0.39 is 0 Å². The zero-order valence-electron chi connectivity index (χ0n) is 8.67. The summed E-state index contributed by atoms with van der Waals surface area (Å²) < 4.78 is 0. The summed E-state index contributed by atoms with van der Waals surface area (Å²) in [5, 5.41) is 4.16. The van der Waals surface area contributed by atoms with Crippen LogP contribution in [-0.4, -0.2) is 33.6 Å². The molecule has 2 aliphatic rings. The van der Waals surface area contributed by atoms with Crippen molar-refractivity contribution < 1.29 is 0 Å². The van der Waals surface area contributed by atoms with Crippen LogP contribution in [0.15, 0.2) is 17.8 Å². The van der Waals surface area contributed by atoms with E-state index in [1.54, 1.807) is 17.7 Å². The van der Waals surface area contributed by atoms with Crippen LogP contribution in [0.3, 0.4) is 0 Å². The molecule has 0 spiro atoms. The van der Waals surface area contributed by atoms with E-state index in [9.17, 15) is 0 Å².